The Morgan fingerprint density at radius 3 is 1.50 bits per heavy atom. The van der Waals surface area contributed by atoms with Gasteiger partial charge in [0.25, 0.3) is 0 Å². The lowest BCUT2D eigenvalue weighted by atomic mass is 9.88. The molecular weight excluding hydrogens is 174 g/mol. The van der Waals surface area contributed by atoms with Crippen LogP contribution < -0.4 is 6.15 Å². The molecule has 0 aromatic carbocycles. The van der Waals surface area contributed by atoms with Crippen LogP contribution in [-0.4, -0.2) is 5.78 Å². The van der Waals surface area contributed by atoms with Crippen LogP contribution in [0.25, 0.3) is 0 Å². The van der Waals surface area contributed by atoms with Crippen molar-refractivity contribution in [2.24, 2.45) is 5.41 Å². The number of hydrogen-bond acceptors (Lipinski definition) is 2. The maximum atomic E-state index is 10.2. The zero-order chi connectivity index (χ0) is 10.3. The van der Waals surface area contributed by atoms with Crippen molar-refractivity contribution in [1.82, 2.24) is 6.15 Å². The summed E-state index contributed by atoms with van der Waals surface area (Å²) in [7, 11) is 0. The first-order valence-electron chi connectivity index (χ1n) is 5.53. The molecule has 14 heavy (non-hydrogen) atoms. The summed E-state index contributed by atoms with van der Waals surface area (Å²) in [6, 6.07) is 0. The number of hydrogen-bond donors (Lipinski definition) is 1. The number of Topliss-reactive ketones (excluding diaryl/α,β-unsaturated/α-hetero) is 1. The highest BCUT2D eigenvalue weighted by molar-refractivity contribution is 5.79. The second-order valence-corrected chi connectivity index (χ2v) is 4.62. The second-order valence-electron chi connectivity index (χ2n) is 4.62. The number of rotatable bonds is 2. The summed E-state index contributed by atoms with van der Waals surface area (Å²) in [5.41, 5.74) is 0.583. The highest BCUT2D eigenvalue weighted by Gasteiger charge is 2.09. The van der Waals surface area contributed by atoms with Crippen LogP contribution in [0.1, 0.15) is 66.2 Å². The molecule has 1 aliphatic rings. The molecular formula is C12H27NO. The molecule has 2 nitrogen and oxygen atoms in total. The quantitative estimate of drug-likeness (QED) is 0.730. The van der Waals surface area contributed by atoms with Crippen molar-refractivity contribution < 1.29 is 4.79 Å². The molecule has 86 valence electrons. The molecule has 1 fully saturated rings. The Morgan fingerprint density at radius 1 is 1.07 bits per heavy atom. The van der Waals surface area contributed by atoms with Crippen LogP contribution >= 0.6 is 0 Å². The van der Waals surface area contributed by atoms with Gasteiger partial charge in [0.2, 0.25) is 0 Å². The van der Waals surface area contributed by atoms with Gasteiger partial charge < -0.3 is 6.15 Å². The van der Waals surface area contributed by atoms with Gasteiger partial charge in [-0.05, 0) is 18.3 Å². The van der Waals surface area contributed by atoms with Gasteiger partial charge in [0.15, 0.2) is 0 Å². The third-order valence-electron chi connectivity index (χ3n) is 3.08. The predicted molar refractivity (Wildman–Crippen MR) is 62.9 cm³/mol. The van der Waals surface area contributed by atoms with Crippen molar-refractivity contribution in [3.63, 3.8) is 0 Å². The monoisotopic (exact) mass is 201 g/mol. The van der Waals surface area contributed by atoms with E-state index in [1.54, 1.807) is 0 Å². The Hall–Kier alpha value is -0.370. The van der Waals surface area contributed by atoms with E-state index in [-0.39, 0.29) is 6.15 Å². The predicted octanol–water partition coefficient (Wildman–Crippen LogP) is 4.12. The summed E-state index contributed by atoms with van der Waals surface area (Å²) in [5, 5.41) is 0. The first-order chi connectivity index (χ1) is 6.02. The Bertz CT molecular complexity index is 138. The molecule has 0 aliphatic heterocycles. The fourth-order valence-electron chi connectivity index (χ4n) is 1.02. The third-order valence-corrected chi connectivity index (χ3v) is 3.08. The van der Waals surface area contributed by atoms with E-state index in [0.29, 0.717) is 11.2 Å². The van der Waals surface area contributed by atoms with Gasteiger partial charge in [-0.25, -0.2) is 0 Å². The van der Waals surface area contributed by atoms with Gasteiger partial charge in [0.1, 0.15) is 5.78 Å². The zero-order valence-corrected chi connectivity index (χ0v) is 10.4. The van der Waals surface area contributed by atoms with E-state index < -0.39 is 0 Å². The number of carbonyl (C=O) groups is 1. The molecule has 0 spiro atoms. The van der Waals surface area contributed by atoms with Crippen LogP contribution in [0.15, 0.2) is 0 Å². The van der Waals surface area contributed by atoms with Gasteiger partial charge in [0.05, 0.1) is 0 Å². The summed E-state index contributed by atoms with van der Waals surface area (Å²) in [6.45, 7) is 9.08. The van der Waals surface area contributed by atoms with Gasteiger partial charge >= 0.3 is 0 Å². The van der Waals surface area contributed by atoms with Crippen molar-refractivity contribution in [2.75, 3.05) is 0 Å². The van der Waals surface area contributed by atoms with Crippen LogP contribution in [0.3, 0.4) is 0 Å². The lowest BCUT2D eigenvalue weighted by Crippen LogP contribution is -2.05. The van der Waals surface area contributed by atoms with Crippen LogP contribution in [0.2, 0.25) is 0 Å². The lowest BCUT2D eigenvalue weighted by Gasteiger charge is -2.18. The first kappa shape index (κ1) is 16.1. The fraction of sp³-hybridized carbons (Fsp3) is 0.917. The molecule has 1 rings (SSSR count). The van der Waals surface area contributed by atoms with Crippen LogP contribution in [-0.2, 0) is 4.79 Å². The van der Waals surface area contributed by atoms with Gasteiger partial charge in [-0.1, -0.05) is 40.5 Å². The smallest absolute Gasteiger partial charge is 0.132 e. The van der Waals surface area contributed by atoms with Crippen molar-refractivity contribution in [3.05, 3.63) is 0 Å². The molecule has 1 aliphatic carbocycles. The average Bonchev–Trinajstić information content (AvgIpc) is 2.57. The molecule has 0 amide bonds. The standard InChI is InChI=1S/C7H16.C5H8O.H3N/c1-5-7(3,4)6-2;6-5-3-1-2-4-5;/h5-6H2,1-4H3;1-4H2;1H3. The minimum absolute atomic E-state index is 0. The fourth-order valence-corrected chi connectivity index (χ4v) is 1.02. The largest absolute Gasteiger partial charge is 0.344 e. The molecule has 0 atom stereocenters. The van der Waals surface area contributed by atoms with Crippen LogP contribution in [0.4, 0.5) is 0 Å². The topological polar surface area (TPSA) is 52.1 Å². The van der Waals surface area contributed by atoms with Crippen LogP contribution in [0.5, 0.6) is 0 Å². The van der Waals surface area contributed by atoms with Crippen molar-refractivity contribution >= 4 is 5.78 Å². The second kappa shape index (κ2) is 7.98. The minimum Gasteiger partial charge on any atom is -0.344 e. The van der Waals surface area contributed by atoms with E-state index >= 15 is 0 Å². The van der Waals surface area contributed by atoms with Crippen LogP contribution in [0, 0.1) is 5.41 Å². The SMILES string of the molecule is CCC(C)(C)CC.N.O=C1CCCC1. The maximum Gasteiger partial charge on any atom is 0.132 e. The molecule has 0 heterocycles. The third kappa shape index (κ3) is 8.24. The number of carbonyl (C=O) groups excluding carboxylic acids is 1. The van der Waals surface area contributed by atoms with Crippen molar-refractivity contribution in [3.8, 4) is 0 Å². The Morgan fingerprint density at radius 2 is 1.43 bits per heavy atom. The molecule has 1 saturated carbocycles. The first-order valence-corrected chi connectivity index (χ1v) is 5.53. The van der Waals surface area contributed by atoms with E-state index in [1.165, 1.54) is 12.8 Å². The van der Waals surface area contributed by atoms with E-state index in [9.17, 15) is 4.79 Å². The average molecular weight is 201 g/mol. The van der Waals surface area contributed by atoms with Gasteiger partial charge in [-0.3, -0.25) is 4.79 Å². The number of ketones is 1. The zero-order valence-electron chi connectivity index (χ0n) is 10.4. The normalized spacial score (nSPS) is 15.6. The minimum atomic E-state index is 0. The van der Waals surface area contributed by atoms with Gasteiger partial charge in [0, 0.05) is 12.8 Å². The van der Waals surface area contributed by atoms with E-state index in [1.807, 2.05) is 0 Å². The summed E-state index contributed by atoms with van der Waals surface area (Å²) in [6.07, 6.45) is 6.56. The molecule has 2 heteroatoms. The van der Waals surface area contributed by atoms with E-state index in [4.69, 9.17) is 0 Å². The Kier molecular flexibility index (Phi) is 9.16. The summed E-state index contributed by atoms with van der Waals surface area (Å²) < 4.78 is 0. The molecule has 0 saturated heterocycles. The highest BCUT2D eigenvalue weighted by atomic mass is 16.1. The molecule has 0 unspecified atom stereocenters. The molecule has 3 N–H and O–H groups in total. The molecule has 0 bridgehead atoms. The van der Waals surface area contributed by atoms with Crippen molar-refractivity contribution in [2.45, 2.75) is 66.2 Å². The van der Waals surface area contributed by atoms with Crippen molar-refractivity contribution in [1.29, 1.82) is 0 Å². The lowest BCUT2D eigenvalue weighted by molar-refractivity contribution is -0.117. The Balaban J connectivity index is 0. The van der Waals surface area contributed by atoms with Gasteiger partial charge in [-0.15, -0.1) is 0 Å². The summed E-state index contributed by atoms with van der Waals surface area (Å²) >= 11 is 0. The Labute approximate surface area is 89.1 Å². The summed E-state index contributed by atoms with van der Waals surface area (Å²) in [5.74, 6) is 0.454. The maximum absolute atomic E-state index is 10.2. The van der Waals surface area contributed by atoms with E-state index in [0.717, 1.165) is 25.7 Å². The molecule has 0 aromatic rings. The molecule has 0 aromatic heterocycles. The van der Waals surface area contributed by atoms with Gasteiger partial charge in [-0.2, -0.15) is 0 Å². The van der Waals surface area contributed by atoms with E-state index in [2.05, 4.69) is 27.7 Å². The summed E-state index contributed by atoms with van der Waals surface area (Å²) in [4.78, 5) is 10.2. The molecule has 0 radical (unpaired) electrons. The highest BCUT2D eigenvalue weighted by Crippen LogP contribution is 2.22.